The molecule has 1 aromatic carbocycles. The van der Waals surface area contributed by atoms with Crippen molar-refractivity contribution in [2.45, 2.75) is 6.92 Å². The Balaban J connectivity index is 2.63. The molecule has 0 saturated heterocycles. The predicted molar refractivity (Wildman–Crippen MR) is 59.6 cm³/mol. The van der Waals surface area contributed by atoms with E-state index in [2.05, 4.69) is 9.97 Å². The Kier molecular flexibility index (Phi) is 2.60. The Morgan fingerprint density at radius 2 is 2.20 bits per heavy atom. The van der Waals surface area contributed by atoms with Gasteiger partial charge in [0.25, 0.3) is 0 Å². The molecule has 1 N–H and O–H groups in total. The second kappa shape index (κ2) is 3.90. The number of hydrogen-bond acceptors (Lipinski definition) is 2. The molecule has 0 amide bonds. The van der Waals surface area contributed by atoms with Crippen LogP contribution >= 0.6 is 12.2 Å². The first-order valence-electron chi connectivity index (χ1n) is 4.48. The molecule has 1 heterocycles. The molecule has 0 radical (unpaired) electrons. The van der Waals surface area contributed by atoms with E-state index < -0.39 is 0 Å². The number of nitrogens with zero attached hydrogens (tertiary/aromatic N) is 1. The third-order valence-corrected chi connectivity index (χ3v) is 2.32. The van der Waals surface area contributed by atoms with Gasteiger partial charge in [-0.15, -0.1) is 0 Å². The monoisotopic (exact) mass is 220 g/mol. The first-order valence-corrected chi connectivity index (χ1v) is 4.89. The molecule has 2 aromatic rings. The van der Waals surface area contributed by atoms with Gasteiger partial charge < -0.3 is 4.98 Å². The van der Waals surface area contributed by atoms with Crippen molar-refractivity contribution in [3.8, 4) is 11.3 Å². The molecule has 0 saturated carbocycles. The number of aromatic amines is 1. The van der Waals surface area contributed by atoms with Crippen molar-refractivity contribution in [2.75, 3.05) is 0 Å². The van der Waals surface area contributed by atoms with Crippen LogP contribution in [0.4, 0.5) is 4.39 Å². The van der Waals surface area contributed by atoms with Crippen LogP contribution in [-0.4, -0.2) is 9.97 Å². The van der Waals surface area contributed by atoms with E-state index in [4.69, 9.17) is 12.2 Å². The summed E-state index contributed by atoms with van der Waals surface area (Å²) in [5.74, 6) is -0.261. The lowest BCUT2D eigenvalue weighted by Gasteiger charge is -2.05. The normalized spacial score (nSPS) is 10.3. The molecule has 0 bridgehead atoms. The van der Waals surface area contributed by atoms with Gasteiger partial charge in [-0.25, -0.2) is 9.37 Å². The molecule has 0 fully saturated rings. The van der Waals surface area contributed by atoms with Gasteiger partial charge in [0.05, 0.1) is 5.69 Å². The molecule has 2 nitrogen and oxygen atoms in total. The van der Waals surface area contributed by atoms with Crippen LogP contribution in [0.2, 0.25) is 0 Å². The first-order chi connectivity index (χ1) is 7.16. The fourth-order valence-electron chi connectivity index (χ4n) is 1.40. The van der Waals surface area contributed by atoms with Crippen molar-refractivity contribution in [1.29, 1.82) is 0 Å². The maximum Gasteiger partial charge on any atom is 0.197 e. The van der Waals surface area contributed by atoms with Gasteiger partial charge in [0, 0.05) is 11.8 Å². The molecule has 2 rings (SSSR count). The SMILES string of the molecule is Cc1cnc(=S)[nH]c1-c1cccc(F)c1. The lowest BCUT2D eigenvalue weighted by molar-refractivity contribution is 0.628. The highest BCUT2D eigenvalue weighted by Gasteiger charge is 2.03. The lowest BCUT2D eigenvalue weighted by Crippen LogP contribution is -1.91. The van der Waals surface area contributed by atoms with Gasteiger partial charge in [0.15, 0.2) is 4.77 Å². The number of aryl methyl sites for hydroxylation is 1. The van der Waals surface area contributed by atoms with E-state index in [0.717, 1.165) is 16.8 Å². The number of halogens is 1. The Morgan fingerprint density at radius 1 is 1.40 bits per heavy atom. The summed E-state index contributed by atoms with van der Waals surface area (Å²) in [5, 5.41) is 0. The van der Waals surface area contributed by atoms with Gasteiger partial charge in [0.2, 0.25) is 0 Å². The quantitative estimate of drug-likeness (QED) is 0.747. The van der Waals surface area contributed by atoms with E-state index in [9.17, 15) is 4.39 Å². The number of benzene rings is 1. The molecule has 1 aromatic heterocycles. The zero-order valence-electron chi connectivity index (χ0n) is 8.12. The summed E-state index contributed by atoms with van der Waals surface area (Å²) < 4.78 is 13.4. The van der Waals surface area contributed by atoms with Crippen LogP contribution in [0.15, 0.2) is 30.5 Å². The van der Waals surface area contributed by atoms with Gasteiger partial charge in [0.1, 0.15) is 5.82 Å². The van der Waals surface area contributed by atoms with Crippen molar-refractivity contribution >= 4 is 12.2 Å². The minimum atomic E-state index is -0.261. The van der Waals surface area contributed by atoms with Crippen LogP contribution in [-0.2, 0) is 0 Å². The van der Waals surface area contributed by atoms with Crippen molar-refractivity contribution < 1.29 is 4.39 Å². The van der Waals surface area contributed by atoms with E-state index in [-0.39, 0.29) is 5.82 Å². The second-order valence-corrected chi connectivity index (χ2v) is 3.64. The van der Waals surface area contributed by atoms with Gasteiger partial charge in [-0.1, -0.05) is 12.1 Å². The summed E-state index contributed by atoms with van der Waals surface area (Å²) in [6.07, 6.45) is 1.68. The van der Waals surface area contributed by atoms with E-state index in [0.29, 0.717) is 4.77 Å². The zero-order valence-corrected chi connectivity index (χ0v) is 8.94. The standard InChI is InChI=1S/C11H9FN2S/c1-7-6-13-11(15)14-10(7)8-3-2-4-9(12)5-8/h2-6H,1H3,(H,13,14,15). The molecule has 0 aliphatic carbocycles. The second-order valence-electron chi connectivity index (χ2n) is 3.26. The summed E-state index contributed by atoms with van der Waals surface area (Å²) in [7, 11) is 0. The molecule has 0 unspecified atom stereocenters. The fourth-order valence-corrected chi connectivity index (χ4v) is 1.56. The lowest BCUT2D eigenvalue weighted by atomic mass is 10.1. The third-order valence-electron chi connectivity index (χ3n) is 2.12. The molecule has 15 heavy (non-hydrogen) atoms. The van der Waals surface area contributed by atoms with Gasteiger partial charge in [-0.05, 0) is 36.8 Å². The van der Waals surface area contributed by atoms with Crippen molar-refractivity contribution in [2.24, 2.45) is 0 Å². The van der Waals surface area contributed by atoms with Crippen LogP contribution in [0.1, 0.15) is 5.56 Å². The molecular formula is C11H9FN2S. The Labute approximate surface area is 91.8 Å². The first kappa shape index (κ1) is 9.98. The van der Waals surface area contributed by atoms with Crippen LogP contribution in [0.5, 0.6) is 0 Å². The maximum absolute atomic E-state index is 13.0. The highest BCUT2D eigenvalue weighted by Crippen LogP contribution is 2.20. The average Bonchev–Trinajstić information content (AvgIpc) is 2.22. The van der Waals surface area contributed by atoms with E-state index in [1.807, 2.05) is 13.0 Å². The van der Waals surface area contributed by atoms with Gasteiger partial charge in [-0.3, -0.25) is 0 Å². The number of nitrogens with one attached hydrogen (secondary N) is 1. The Bertz CT molecular complexity index is 548. The highest BCUT2D eigenvalue weighted by atomic mass is 32.1. The zero-order chi connectivity index (χ0) is 10.8. The van der Waals surface area contributed by atoms with Crippen LogP contribution in [0.3, 0.4) is 0 Å². The third kappa shape index (κ3) is 2.10. The van der Waals surface area contributed by atoms with Gasteiger partial charge >= 0.3 is 0 Å². The Morgan fingerprint density at radius 3 is 2.93 bits per heavy atom. The minimum absolute atomic E-state index is 0.261. The number of hydrogen-bond donors (Lipinski definition) is 1. The van der Waals surface area contributed by atoms with Gasteiger partial charge in [-0.2, -0.15) is 0 Å². The predicted octanol–water partition coefficient (Wildman–Crippen LogP) is 3.25. The smallest absolute Gasteiger partial charge is 0.197 e. The molecule has 0 spiro atoms. The number of H-pyrrole nitrogens is 1. The summed E-state index contributed by atoms with van der Waals surface area (Å²) in [6, 6.07) is 6.38. The minimum Gasteiger partial charge on any atom is -0.330 e. The Hall–Kier alpha value is -1.55. The summed E-state index contributed by atoms with van der Waals surface area (Å²) in [5.41, 5.74) is 2.53. The number of aromatic nitrogens is 2. The van der Waals surface area contributed by atoms with Crippen LogP contribution in [0.25, 0.3) is 11.3 Å². The van der Waals surface area contributed by atoms with E-state index in [1.54, 1.807) is 12.3 Å². The van der Waals surface area contributed by atoms with E-state index >= 15 is 0 Å². The fraction of sp³-hybridized carbons (Fsp3) is 0.0909. The summed E-state index contributed by atoms with van der Waals surface area (Å²) in [4.78, 5) is 6.91. The van der Waals surface area contributed by atoms with Crippen LogP contribution in [0, 0.1) is 17.5 Å². The van der Waals surface area contributed by atoms with Crippen molar-refractivity contribution in [3.05, 3.63) is 46.6 Å². The molecule has 0 aliphatic heterocycles. The maximum atomic E-state index is 13.0. The largest absolute Gasteiger partial charge is 0.330 e. The van der Waals surface area contributed by atoms with Crippen molar-refractivity contribution in [3.63, 3.8) is 0 Å². The van der Waals surface area contributed by atoms with Crippen LogP contribution < -0.4 is 0 Å². The summed E-state index contributed by atoms with van der Waals surface area (Å²) >= 11 is 4.93. The molecule has 0 aliphatic rings. The topological polar surface area (TPSA) is 28.7 Å². The molecule has 0 atom stereocenters. The van der Waals surface area contributed by atoms with E-state index in [1.165, 1.54) is 12.1 Å². The molecular weight excluding hydrogens is 211 g/mol. The highest BCUT2D eigenvalue weighted by molar-refractivity contribution is 7.71. The average molecular weight is 220 g/mol. The molecule has 76 valence electrons. The van der Waals surface area contributed by atoms with Crippen molar-refractivity contribution in [1.82, 2.24) is 9.97 Å². The molecule has 4 heteroatoms. The number of rotatable bonds is 1. The summed E-state index contributed by atoms with van der Waals surface area (Å²) in [6.45, 7) is 1.90.